The molecule has 2 aromatic rings. The minimum Gasteiger partial charge on any atom is -0.354 e. The number of piperazine rings is 1. The van der Waals surface area contributed by atoms with E-state index in [1.807, 2.05) is 19.2 Å². The van der Waals surface area contributed by atoms with E-state index in [0.717, 1.165) is 49.0 Å². The number of carbonyl (C=O) groups excluding carboxylic acids is 1. The quantitative estimate of drug-likeness (QED) is 0.847. The second-order valence-electron chi connectivity index (χ2n) is 7.32. The van der Waals surface area contributed by atoms with Gasteiger partial charge < -0.3 is 10.2 Å². The number of nitrogens with zero attached hydrogens (tertiary/aromatic N) is 3. The number of thiazole rings is 1. The van der Waals surface area contributed by atoms with Crippen LogP contribution in [0.4, 0.5) is 0 Å². The lowest BCUT2D eigenvalue weighted by Gasteiger charge is -2.32. The third-order valence-corrected chi connectivity index (χ3v) is 5.46. The van der Waals surface area contributed by atoms with E-state index in [-0.39, 0.29) is 11.9 Å². The van der Waals surface area contributed by atoms with E-state index < -0.39 is 0 Å². The van der Waals surface area contributed by atoms with Crippen LogP contribution in [-0.4, -0.2) is 60.0 Å². The van der Waals surface area contributed by atoms with Gasteiger partial charge in [-0.25, -0.2) is 4.98 Å². The molecule has 2 heterocycles. The minimum absolute atomic E-state index is 0.0284. The number of amides is 1. The maximum Gasteiger partial charge on any atom is 0.226 e. The van der Waals surface area contributed by atoms with E-state index in [4.69, 9.17) is 0 Å². The number of aromatic nitrogens is 1. The van der Waals surface area contributed by atoms with Crippen molar-refractivity contribution in [3.8, 4) is 10.6 Å². The summed E-state index contributed by atoms with van der Waals surface area (Å²) in [6, 6.07) is 8.78. The van der Waals surface area contributed by atoms with Gasteiger partial charge in [0.25, 0.3) is 0 Å². The molecule has 1 N–H and O–H groups in total. The monoisotopic (exact) mass is 372 g/mol. The molecule has 1 aromatic heterocycles. The summed E-state index contributed by atoms with van der Waals surface area (Å²) in [6.07, 6.45) is 0.343. The van der Waals surface area contributed by atoms with Crippen LogP contribution in [0, 0.1) is 0 Å². The molecule has 26 heavy (non-hydrogen) atoms. The van der Waals surface area contributed by atoms with Crippen molar-refractivity contribution in [3.63, 3.8) is 0 Å². The Labute approximate surface area is 160 Å². The number of benzene rings is 1. The Morgan fingerprint density at radius 2 is 2.04 bits per heavy atom. The third-order valence-electron chi connectivity index (χ3n) is 4.52. The number of carbonyl (C=O) groups is 1. The van der Waals surface area contributed by atoms with Gasteiger partial charge in [-0.3, -0.25) is 9.69 Å². The standard InChI is InChI=1S/C20H28N4OS/c1-15(2)21-19(25)12-18-14-26-20(22-18)17-6-4-5-16(11-17)13-24-9-7-23(3)8-10-24/h4-6,11,14-15H,7-10,12-13H2,1-3H3,(H,21,25). The fourth-order valence-electron chi connectivity index (χ4n) is 3.13. The first-order valence-corrected chi connectivity index (χ1v) is 10.1. The van der Waals surface area contributed by atoms with E-state index >= 15 is 0 Å². The molecule has 5 nitrogen and oxygen atoms in total. The van der Waals surface area contributed by atoms with Crippen molar-refractivity contribution in [2.24, 2.45) is 0 Å². The molecular formula is C20H28N4OS. The molecule has 0 atom stereocenters. The Balaban J connectivity index is 1.64. The van der Waals surface area contributed by atoms with Gasteiger partial charge >= 0.3 is 0 Å². The summed E-state index contributed by atoms with van der Waals surface area (Å²) in [6.45, 7) is 9.42. The van der Waals surface area contributed by atoms with Crippen molar-refractivity contribution < 1.29 is 4.79 Å². The van der Waals surface area contributed by atoms with Gasteiger partial charge in [0.1, 0.15) is 5.01 Å². The third kappa shape index (κ3) is 5.37. The molecule has 0 aliphatic carbocycles. The van der Waals surface area contributed by atoms with Gasteiger partial charge in [0.15, 0.2) is 0 Å². The highest BCUT2D eigenvalue weighted by Crippen LogP contribution is 2.25. The van der Waals surface area contributed by atoms with Gasteiger partial charge in [-0.15, -0.1) is 11.3 Å². The molecule has 1 amide bonds. The summed E-state index contributed by atoms with van der Waals surface area (Å²) in [4.78, 5) is 21.5. The highest BCUT2D eigenvalue weighted by atomic mass is 32.1. The predicted molar refractivity (Wildman–Crippen MR) is 107 cm³/mol. The number of rotatable bonds is 6. The molecule has 0 saturated carbocycles. The second kappa shape index (κ2) is 8.75. The highest BCUT2D eigenvalue weighted by Gasteiger charge is 2.15. The van der Waals surface area contributed by atoms with Gasteiger partial charge in [0.2, 0.25) is 5.91 Å². The van der Waals surface area contributed by atoms with Crippen molar-refractivity contribution in [1.82, 2.24) is 20.1 Å². The van der Waals surface area contributed by atoms with Crippen molar-refractivity contribution in [2.75, 3.05) is 33.2 Å². The van der Waals surface area contributed by atoms with Crippen LogP contribution in [0.15, 0.2) is 29.6 Å². The molecular weight excluding hydrogens is 344 g/mol. The molecule has 0 spiro atoms. The van der Waals surface area contributed by atoms with Crippen LogP contribution in [0.5, 0.6) is 0 Å². The molecule has 0 bridgehead atoms. The van der Waals surface area contributed by atoms with Crippen LogP contribution >= 0.6 is 11.3 Å². The van der Waals surface area contributed by atoms with Crippen LogP contribution in [0.2, 0.25) is 0 Å². The lowest BCUT2D eigenvalue weighted by atomic mass is 10.1. The summed E-state index contributed by atoms with van der Waals surface area (Å²) in [5.41, 5.74) is 3.30. The van der Waals surface area contributed by atoms with Crippen LogP contribution in [0.3, 0.4) is 0 Å². The molecule has 140 valence electrons. The van der Waals surface area contributed by atoms with Crippen molar-refractivity contribution in [2.45, 2.75) is 32.9 Å². The summed E-state index contributed by atoms with van der Waals surface area (Å²) in [5, 5.41) is 5.89. The van der Waals surface area contributed by atoms with Gasteiger partial charge in [-0.1, -0.05) is 18.2 Å². The lowest BCUT2D eigenvalue weighted by Crippen LogP contribution is -2.43. The second-order valence-corrected chi connectivity index (χ2v) is 8.18. The maximum atomic E-state index is 11.9. The lowest BCUT2D eigenvalue weighted by molar-refractivity contribution is -0.120. The Bertz CT molecular complexity index is 735. The zero-order valence-corrected chi connectivity index (χ0v) is 16.7. The average molecular weight is 373 g/mol. The van der Waals surface area contributed by atoms with E-state index in [0.29, 0.717) is 6.42 Å². The van der Waals surface area contributed by atoms with Gasteiger partial charge in [0.05, 0.1) is 12.1 Å². The topological polar surface area (TPSA) is 48.5 Å². The molecule has 3 rings (SSSR count). The fraction of sp³-hybridized carbons (Fsp3) is 0.500. The summed E-state index contributed by atoms with van der Waals surface area (Å²) in [7, 11) is 2.18. The Morgan fingerprint density at radius 1 is 1.27 bits per heavy atom. The molecule has 1 saturated heterocycles. The highest BCUT2D eigenvalue weighted by molar-refractivity contribution is 7.13. The van der Waals surface area contributed by atoms with Crippen LogP contribution in [-0.2, 0) is 17.8 Å². The van der Waals surface area contributed by atoms with Gasteiger partial charge in [-0.2, -0.15) is 0 Å². The molecule has 1 aliphatic rings. The summed E-state index contributed by atoms with van der Waals surface area (Å²) in [5.74, 6) is 0.0284. The first-order chi connectivity index (χ1) is 12.5. The predicted octanol–water partition coefficient (Wildman–Crippen LogP) is 2.62. The fourth-order valence-corrected chi connectivity index (χ4v) is 3.94. The summed E-state index contributed by atoms with van der Waals surface area (Å²) < 4.78 is 0. The molecule has 1 fully saturated rings. The zero-order valence-electron chi connectivity index (χ0n) is 15.9. The molecule has 0 radical (unpaired) electrons. The van der Waals surface area contributed by atoms with Crippen molar-refractivity contribution in [1.29, 1.82) is 0 Å². The zero-order chi connectivity index (χ0) is 18.5. The Morgan fingerprint density at radius 3 is 2.77 bits per heavy atom. The number of hydrogen-bond acceptors (Lipinski definition) is 5. The average Bonchev–Trinajstić information content (AvgIpc) is 3.05. The smallest absolute Gasteiger partial charge is 0.226 e. The minimum atomic E-state index is 0.0284. The normalized spacial score (nSPS) is 16.2. The SMILES string of the molecule is CC(C)NC(=O)Cc1csc(-c2cccc(CN3CCN(C)CC3)c2)n1. The van der Waals surface area contributed by atoms with Crippen LogP contribution in [0.1, 0.15) is 25.1 Å². The Hall–Kier alpha value is -1.76. The van der Waals surface area contributed by atoms with Crippen LogP contribution in [0.25, 0.3) is 10.6 Å². The molecule has 1 aromatic carbocycles. The number of likely N-dealkylation sites (N-methyl/N-ethyl adjacent to an activating group) is 1. The largest absolute Gasteiger partial charge is 0.354 e. The van der Waals surface area contributed by atoms with Crippen LogP contribution < -0.4 is 5.32 Å². The van der Waals surface area contributed by atoms with Gasteiger partial charge in [0, 0.05) is 49.7 Å². The van der Waals surface area contributed by atoms with Crippen molar-refractivity contribution >= 4 is 17.2 Å². The van der Waals surface area contributed by atoms with Gasteiger partial charge in [-0.05, 0) is 32.5 Å². The molecule has 0 unspecified atom stereocenters. The maximum absolute atomic E-state index is 11.9. The van der Waals surface area contributed by atoms with E-state index in [1.165, 1.54) is 5.56 Å². The summed E-state index contributed by atoms with van der Waals surface area (Å²) >= 11 is 1.61. The Kier molecular flexibility index (Phi) is 6.40. The van der Waals surface area contributed by atoms with E-state index in [1.54, 1.807) is 11.3 Å². The number of hydrogen-bond donors (Lipinski definition) is 1. The van der Waals surface area contributed by atoms with E-state index in [9.17, 15) is 4.79 Å². The number of nitrogens with one attached hydrogen (secondary N) is 1. The first-order valence-electron chi connectivity index (χ1n) is 9.23. The molecule has 6 heteroatoms. The first kappa shape index (κ1) is 19.0. The van der Waals surface area contributed by atoms with E-state index in [2.05, 4.69) is 51.4 Å². The van der Waals surface area contributed by atoms with Crippen molar-refractivity contribution in [3.05, 3.63) is 40.9 Å². The molecule has 1 aliphatic heterocycles.